The van der Waals surface area contributed by atoms with Gasteiger partial charge >= 0.3 is 0 Å². The van der Waals surface area contributed by atoms with Crippen molar-refractivity contribution in [3.05, 3.63) is 51.6 Å². The molecule has 2 aromatic rings. The lowest BCUT2D eigenvalue weighted by Gasteiger charge is -2.16. The molecule has 1 amide bonds. The number of nitro groups is 1. The molecule has 1 aliphatic rings. The molecular weight excluding hydrogens is 316 g/mol. The number of hydrogen-bond acceptors (Lipinski definition) is 7. The minimum absolute atomic E-state index is 0.0570. The highest BCUT2D eigenvalue weighted by molar-refractivity contribution is 5.99. The second-order valence-corrected chi connectivity index (χ2v) is 5.14. The Labute approximate surface area is 137 Å². The second kappa shape index (κ2) is 6.11. The molecule has 1 aromatic heterocycles. The number of amides is 1. The van der Waals surface area contributed by atoms with E-state index >= 15 is 0 Å². The molecule has 0 atom stereocenters. The van der Waals surface area contributed by atoms with Crippen LogP contribution in [-0.2, 0) is 13.1 Å². The minimum Gasteiger partial charge on any atom is -0.493 e. The van der Waals surface area contributed by atoms with E-state index in [9.17, 15) is 14.9 Å². The van der Waals surface area contributed by atoms with E-state index in [0.29, 0.717) is 6.54 Å². The first kappa shape index (κ1) is 15.7. The topological polar surface area (TPSA) is 108 Å². The van der Waals surface area contributed by atoms with Gasteiger partial charge in [0.15, 0.2) is 11.5 Å². The smallest absolute Gasteiger partial charge is 0.286 e. The lowest BCUT2D eigenvalue weighted by atomic mass is 10.1. The Kier molecular flexibility index (Phi) is 3.98. The Hall–Kier alpha value is -3.23. The zero-order chi connectivity index (χ0) is 17.3. The second-order valence-electron chi connectivity index (χ2n) is 5.14. The quantitative estimate of drug-likeness (QED) is 0.618. The molecule has 3 rings (SSSR count). The van der Waals surface area contributed by atoms with Crippen molar-refractivity contribution in [1.29, 1.82) is 0 Å². The third-order valence-electron chi connectivity index (χ3n) is 3.80. The molecule has 0 radical (unpaired) electrons. The van der Waals surface area contributed by atoms with Crippen LogP contribution in [0.4, 0.5) is 5.69 Å². The van der Waals surface area contributed by atoms with Crippen LogP contribution in [0.1, 0.15) is 21.6 Å². The molecule has 2 heterocycles. The van der Waals surface area contributed by atoms with Crippen molar-refractivity contribution >= 4 is 11.6 Å². The van der Waals surface area contributed by atoms with E-state index in [1.165, 1.54) is 37.6 Å². The third-order valence-corrected chi connectivity index (χ3v) is 3.80. The molecule has 0 bridgehead atoms. The highest BCUT2D eigenvalue weighted by Crippen LogP contribution is 2.36. The molecule has 0 spiro atoms. The Bertz CT molecular complexity index is 799. The van der Waals surface area contributed by atoms with Crippen LogP contribution in [0.3, 0.4) is 0 Å². The van der Waals surface area contributed by atoms with Crippen molar-refractivity contribution in [3.8, 4) is 11.5 Å². The number of carbonyl (C=O) groups excluding carboxylic acids is 1. The van der Waals surface area contributed by atoms with Crippen LogP contribution in [0, 0.1) is 10.1 Å². The van der Waals surface area contributed by atoms with Gasteiger partial charge in [0.05, 0.1) is 37.4 Å². The zero-order valence-corrected chi connectivity index (χ0v) is 13.1. The monoisotopic (exact) mass is 330 g/mol. The van der Waals surface area contributed by atoms with E-state index in [-0.39, 0.29) is 29.3 Å². The number of ether oxygens (including phenoxy) is 2. The number of nitro benzene ring substituents is 1. The standard InChI is InChI=1S/C15H14N4O5/c1-23-13-3-10(12(19(21)22)4-14(13)24-2)15(20)18-6-9-5-16-8-17-11(9)7-18/h3-5,8H,6-7H2,1-2H3. The van der Waals surface area contributed by atoms with Crippen LogP contribution in [0.5, 0.6) is 11.5 Å². The van der Waals surface area contributed by atoms with Gasteiger partial charge in [-0.3, -0.25) is 14.9 Å². The minimum atomic E-state index is -0.613. The van der Waals surface area contributed by atoms with Gasteiger partial charge in [0, 0.05) is 24.4 Å². The predicted molar refractivity (Wildman–Crippen MR) is 81.8 cm³/mol. The molecule has 9 heteroatoms. The van der Waals surface area contributed by atoms with Crippen molar-refractivity contribution in [2.24, 2.45) is 0 Å². The molecule has 1 aromatic carbocycles. The molecule has 1 aliphatic heterocycles. The van der Waals surface area contributed by atoms with E-state index in [1.807, 2.05) is 0 Å². The summed E-state index contributed by atoms with van der Waals surface area (Å²) in [6, 6.07) is 2.52. The maximum absolute atomic E-state index is 12.8. The maximum Gasteiger partial charge on any atom is 0.286 e. The molecule has 0 unspecified atom stereocenters. The SMILES string of the molecule is COc1cc(C(=O)N2Cc3cncnc3C2)c([N+](=O)[O-])cc1OC. The van der Waals surface area contributed by atoms with Gasteiger partial charge in [0.25, 0.3) is 11.6 Å². The van der Waals surface area contributed by atoms with E-state index in [4.69, 9.17) is 9.47 Å². The van der Waals surface area contributed by atoms with Gasteiger partial charge in [-0.15, -0.1) is 0 Å². The first-order valence-electron chi connectivity index (χ1n) is 7.02. The molecule has 0 aliphatic carbocycles. The maximum atomic E-state index is 12.8. The van der Waals surface area contributed by atoms with Crippen molar-refractivity contribution in [3.63, 3.8) is 0 Å². The number of aromatic nitrogens is 2. The van der Waals surface area contributed by atoms with Gasteiger partial charge in [-0.1, -0.05) is 0 Å². The van der Waals surface area contributed by atoms with Crippen LogP contribution in [-0.4, -0.2) is 39.9 Å². The van der Waals surface area contributed by atoms with Gasteiger partial charge in [-0.2, -0.15) is 0 Å². The number of nitrogens with zero attached hydrogens (tertiary/aromatic N) is 4. The van der Waals surface area contributed by atoms with E-state index in [1.54, 1.807) is 6.20 Å². The van der Waals surface area contributed by atoms with E-state index < -0.39 is 10.8 Å². The number of hydrogen-bond donors (Lipinski definition) is 0. The Morgan fingerprint density at radius 2 is 1.96 bits per heavy atom. The first-order valence-corrected chi connectivity index (χ1v) is 7.02. The van der Waals surface area contributed by atoms with Crippen LogP contribution in [0.25, 0.3) is 0 Å². The molecule has 24 heavy (non-hydrogen) atoms. The molecule has 0 saturated heterocycles. The van der Waals surface area contributed by atoms with Crippen molar-refractivity contribution < 1.29 is 19.2 Å². The van der Waals surface area contributed by atoms with Gasteiger partial charge in [-0.25, -0.2) is 9.97 Å². The Balaban J connectivity index is 1.99. The van der Waals surface area contributed by atoms with Crippen LogP contribution in [0.2, 0.25) is 0 Å². The average molecular weight is 330 g/mol. The number of fused-ring (bicyclic) bond motifs is 1. The highest BCUT2D eigenvalue weighted by Gasteiger charge is 2.31. The molecule has 124 valence electrons. The fourth-order valence-corrected chi connectivity index (χ4v) is 2.61. The molecule has 0 fully saturated rings. The van der Waals surface area contributed by atoms with Crippen molar-refractivity contribution in [2.75, 3.05) is 14.2 Å². The van der Waals surface area contributed by atoms with E-state index in [0.717, 1.165) is 11.3 Å². The Morgan fingerprint density at radius 3 is 2.58 bits per heavy atom. The van der Waals surface area contributed by atoms with Crippen LogP contribution >= 0.6 is 0 Å². The van der Waals surface area contributed by atoms with Crippen molar-refractivity contribution in [1.82, 2.24) is 14.9 Å². The van der Waals surface area contributed by atoms with Crippen molar-refractivity contribution in [2.45, 2.75) is 13.1 Å². The summed E-state index contributed by atoms with van der Waals surface area (Å²) >= 11 is 0. The summed E-state index contributed by atoms with van der Waals surface area (Å²) in [5, 5.41) is 11.3. The fraction of sp³-hybridized carbons (Fsp3) is 0.267. The molecule has 0 saturated carbocycles. The third kappa shape index (κ3) is 2.60. The normalized spacial score (nSPS) is 12.7. The summed E-state index contributed by atoms with van der Waals surface area (Å²) in [7, 11) is 2.78. The zero-order valence-electron chi connectivity index (χ0n) is 13.1. The van der Waals surface area contributed by atoms with Gasteiger partial charge in [0.1, 0.15) is 11.9 Å². The summed E-state index contributed by atoms with van der Waals surface area (Å²) in [6.45, 7) is 0.586. The number of methoxy groups -OCH3 is 2. The summed E-state index contributed by atoms with van der Waals surface area (Å²) in [5.41, 5.74) is 1.17. The van der Waals surface area contributed by atoms with Gasteiger partial charge < -0.3 is 14.4 Å². The van der Waals surface area contributed by atoms with Gasteiger partial charge in [0.2, 0.25) is 0 Å². The fourth-order valence-electron chi connectivity index (χ4n) is 2.61. The van der Waals surface area contributed by atoms with Crippen LogP contribution in [0.15, 0.2) is 24.7 Å². The predicted octanol–water partition coefficient (Wildman–Crippen LogP) is 1.56. The summed E-state index contributed by atoms with van der Waals surface area (Å²) in [6.07, 6.45) is 3.05. The highest BCUT2D eigenvalue weighted by atomic mass is 16.6. The molecular formula is C15H14N4O5. The van der Waals surface area contributed by atoms with E-state index in [2.05, 4.69) is 9.97 Å². The lowest BCUT2D eigenvalue weighted by molar-refractivity contribution is -0.385. The van der Waals surface area contributed by atoms with Gasteiger partial charge in [-0.05, 0) is 0 Å². The average Bonchev–Trinajstić information content (AvgIpc) is 3.03. The Morgan fingerprint density at radius 1 is 1.25 bits per heavy atom. The molecule has 0 N–H and O–H groups in total. The lowest BCUT2D eigenvalue weighted by Crippen LogP contribution is -2.26. The first-order chi connectivity index (χ1) is 11.5. The molecule has 9 nitrogen and oxygen atoms in total. The summed E-state index contributed by atoms with van der Waals surface area (Å²) < 4.78 is 10.2. The number of carbonyl (C=O) groups is 1. The van der Waals surface area contributed by atoms with Crippen LogP contribution < -0.4 is 9.47 Å². The largest absolute Gasteiger partial charge is 0.493 e. The summed E-state index contributed by atoms with van der Waals surface area (Å²) in [4.78, 5) is 33.0. The number of benzene rings is 1. The number of rotatable bonds is 4. The summed E-state index contributed by atoms with van der Waals surface area (Å²) in [5.74, 6) is -0.0278.